The van der Waals surface area contributed by atoms with Gasteiger partial charge in [0.2, 0.25) is 0 Å². The molecule has 1 fully saturated rings. The predicted octanol–water partition coefficient (Wildman–Crippen LogP) is 2.41. The largest absolute Gasteiger partial charge is 0.378 e. The number of nitrogens with two attached hydrogens (primary N) is 1. The quantitative estimate of drug-likeness (QED) is 0.593. The van der Waals surface area contributed by atoms with Gasteiger partial charge in [-0.05, 0) is 41.0 Å². The van der Waals surface area contributed by atoms with Gasteiger partial charge in [-0.1, -0.05) is 24.3 Å². The van der Waals surface area contributed by atoms with Gasteiger partial charge >= 0.3 is 5.69 Å². The molecule has 0 atom stereocenters. The number of carbonyl (C=O) groups is 1. The van der Waals surface area contributed by atoms with Crippen LogP contribution in [0.25, 0.3) is 16.8 Å². The summed E-state index contributed by atoms with van der Waals surface area (Å²) in [6.45, 7) is 2.32. The Labute approximate surface area is 196 Å². The number of ether oxygens (including phenoxy) is 1. The van der Waals surface area contributed by atoms with E-state index in [4.69, 9.17) is 10.5 Å². The van der Waals surface area contributed by atoms with Gasteiger partial charge in [-0.3, -0.25) is 4.79 Å². The van der Waals surface area contributed by atoms with E-state index >= 15 is 0 Å². The van der Waals surface area contributed by atoms with E-state index in [1.54, 1.807) is 11.0 Å². The van der Waals surface area contributed by atoms with Gasteiger partial charge in [-0.15, -0.1) is 12.4 Å². The monoisotopic (exact) mass is 473 g/mol. The van der Waals surface area contributed by atoms with Gasteiger partial charge in [-0.2, -0.15) is 5.10 Å². The molecule has 4 rings (SSSR count). The number of carbonyl (C=O) groups excluding carboxylic acids is 1. The third-order valence-electron chi connectivity index (χ3n) is 5.39. The molecule has 1 saturated heterocycles. The Morgan fingerprint density at radius 1 is 1.12 bits per heavy atom. The normalized spacial score (nSPS) is 14.1. The van der Waals surface area contributed by atoms with Crippen LogP contribution in [0.3, 0.4) is 0 Å². The van der Waals surface area contributed by atoms with Crippen LogP contribution in [-0.4, -0.2) is 58.0 Å². The maximum atomic E-state index is 12.8. The molecule has 2 heterocycles. The van der Waals surface area contributed by atoms with Crippen LogP contribution in [0.4, 0.5) is 4.39 Å². The van der Waals surface area contributed by atoms with E-state index < -0.39 is 0 Å². The van der Waals surface area contributed by atoms with Crippen LogP contribution in [0, 0.1) is 0 Å². The fraction of sp³-hybridized carbons (Fsp3) is 0.261. The van der Waals surface area contributed by atoms with Gasteiger partial charge in [0, 0.05) is 25.2 Å². The molecule has 0 radical (unpaired) electrons. The van der Waals surface area contributed by atoms with Gasteiger partial charge < -0.3 is 15.4 Å². The minimum Gasteiger partial charge on any atom is -0.378 e. The summed E-state index contributed by atoms with van der Waals surface area (Å²) < 4.78 is 20.7. The molecule has 1 aliphatic rings. The molecule has 174 valence electrons. The number of halogens is 2. The number of hydrogen-bond donors (Lipinski definition) is 1. The lowest BCUT2D eigenvalue weighted by molar-refractivity contribution is 0.0303. The fourth-order valence-corrected chi connectivity index (χ4v) is 3.55. The number of benzene rings is 2. The van der Waals surface area contributed by atoms with E-state index in [2.05, 4.69) is 5.10 Å². The SMILES string of the molecule is Cl.NC/C(=C\F)Cn1ncn(-c2cccc(-c3ccc(C(=O)N4CCOCC4)cc3)c2)c1=O. The lowest BCUT2D eigenvalue weighted by Gasteiger charge is -2.26. The molecule has 8 nitrogen and oxygen atoms in total. The zero-order valence-electron chi connectivity index (χ0n) is 17.9. The Morgan fingerprint density at radius 2 is 1.85 bits per heavy atom. The Hall–Kier alpha value is -3.27. The molecule has 0 spiro atoms. The topological polar surface area (TPSA) is 95.4 Å². The molecule has 33 heavy (non-hydrogen) atoms. The number of nitrogens with zero attached hydrogens (tertiary/aromatic N) is 4. The highest BCUT2D eigenvalue weighted by Crippen LogP contribution is 2.23. The molecule has 0 bridgehead atoms. The molecular weight excluding hydrogens is 449 g/mol. The molecule has 1 aliphatic heterocycles. The van der Waals surface area contributed by atoms with Crippen molar-refractivity contribution in [3.8, 4) is 16.8 Å². The summed E-state index contributed by atoms with van der Waals surface area (Å²) in [7, 11) is 0. The molecule has 2 N–H and O–H groups in total. The van der Waals surface area contributed by atoms with Crippen molar-refractivity contribution >= 4 is 18.3 Å². The van der Waals surface area contributed by atoms with Crippen molar-refractivity contribution < 1.29 is 13.9 Å². The fourth-order valence-electron chi connectivity index (χ4n) is 3.55. The third-order valence-corrected chi connectivity index (χ3v) is 5.39. The van der Waals surface area contributed by atoms with Gasteiger partial charge in [0.15, 0.2) is 0 Å². The number of morpholine rings is 1. The Morgan fingerprint density at radius 3 is 2.52 bits per heavy atom. The maximum absolute atomic E-state index is 12.8. The maximum Gasteiger partial charge on any atom is 0.350 e. The summed E-state index contributed by atoms with van der Waals surface area (Å²) in [5.41, 5.74) is 8.41. The van der Waals surface area contributed by atoms with E-state index in [0.717, 1.165) is 15.8 Å². The molecule has 0 saturated carbocycles. The highest BCUT2D eigenvalue weighted by atomic mass is 35.5. The summed E-state index contributed by atoms with van der Waals surface area (Å²) in [6, 6.07) is 14.8. The van der Waals surface area contributed by atoms with Crippen molar-refractivity contribution in [2.24, 2.45) is 5.73 Å². The van der Waals surface area contributed by atoms with E-state index in [9.17, 15) is 14.0 Å². The zero-order chi connectivity index (χ0) is 22.5. The molecule has 1 aromatic heterocycles. The van der Waals surface area contributed by atoms with Crippen LogP contribution >= 0.6 is 12.4 Å². The van der Waals surface area contributed by atoms with Crippen molar-refractivity contribution in [3.63, 3.8) is 0 Å². The third kappa shape index (κ3) is 5.39. The minimum absolute atomic E-state index is 0. The van der Waals surface area contributed by atoms with E-state index in [1.807, 2.05) is 42.5 Å². The standard InChI is InChI=1S/C23H24FN5O3.ClH/c24-13-17(14-25)15-29-23(31)28(16-26-29)21-3-1-2-20(12-21)18-4-6-19(7-5-18)22(30)27-8-10-32-11-9-27;/h1-7,12-13,16H,8-11,14-15,25H2;1H/b17-13+;. The minimum atomic E-state index is -0.388. The molecule has 10 heteroatoms. The molecule has 0 aliphatic carbocycles. The second-order valence-corrected chi connectivity index (χ2v) is 7.44. The molecular formula is C23H25ClFN5O3. The molecule has 1 amide bonds. The van der Waals surface area contributed by atoms with Crippen molar-refractivity contribution in [1.29, 1.82) is 0 Å². The van der Waals surface area contributed by atoms with E-state index in [-0.39, 0.29) is 42.7 Å². The van der Waals surface area contributed by atoms with Gasteiger partial charge in [0.05, 0.1) is 31.8 Å². The zero-order valence-corrected chi connectivity index (χ0v) is 18.7. The van der Waals surface area contributed by atoms with Gasteiger partial charge in [0.1, 0.15) is 6.33 Å². The van der Waals surface area contributed by atoms with E-state index in [0.29, 0.717) is 43.9 Å². The van der Waals surface area contributed by atoms with Crippen LogP contribution in [-0.2, 0) is 11.3 Å². The second kappa shape index (κ2) is 11.0. The van der Waals surface area contributed by atoms with Gasteiger partial charge in [-0.25, -0.2) is 18.4 Å². The summed E-state index contributed by atoms with van der Waals surface area (Å²) >= 11 is 0. The van der Waals surface area contributed by atoms with Crippen LogP contribution < -0.4 is 11.4 Å². The first-order valence-electron chi connectivity index (χ1n) is 10.3. The molecule has 2 aromatic carbocycles. The van der Waals surface area contributed by atoms with Crippen molar-refractivity contribution in [1.82, 2.24) is 19.2 Å². The Balaban J connectivity index is 0.00000306. The number of aromatic nitrogens is 3. The van der Waals surface area contributed by atoms with Crippen molar-refractivity contribution in [2.75, 3.05) is 32.8 Å². The van der Waals surface area contributed by atoms with Crippen molar-refractivity contribution in [2.45, 2.75) is 6.54 Å². The van der Waals surface area contributed by atoms with Crippen molar-refractivity contribution in [3.05, 3.63) is 82.8 Å². The Bertz CT molecular complexity index is 1180. The number of hydrogen-bond acceptors (Lipinski definition) is 5. The smallest absolute Gasteiger partial charge is 0.350 e. The summed E-state index contributed by atoms with van der Waals surface area (Å²) in [6.07, 6.45) is 1.80. The summed E-state index contributed by atoms with van der Waals surface area (Å²) in [5, 5.41) is 4.06. The first-order valence-corrected chi connectivity index (χ1v) is 10.3. The number of rotatable bonds is 6. The van der Waals surface area contributed by atoms with E-state index in [1.165, 1.54) is 10.9 Å². The van der Waals surface area contributed by atoms with Crippen LogP contribution in [0.2, 0.25) is 0 Å². The number of amides is 1. The summed E-state index contributed by atoms with van der Waals surface area (Å²) in [4.78, 5) is 27.1. The first kappa shape index (κ1) is 24.4. The predicted molar refractivity (Wildman–Crippen MR) is 125 cm³/mol. The Kier molecular flexibility index (Phi) is 8.16. The van der Waals surface area contributed by atoms with Crippen LogP contribution in [0.5, 0.6) is 0 Å². The highest BCUT2D eigenvalue weighted by molar-refractivity contribution is 5.94. The second-order valence-electron chi connectivity index (χ2n) is 7.44. The van der Waals surface area contributed by atoms with Gasteiger partial charge in [0.25, 0.3) is 5.91 Å². The average molecular weight is 474 g/mol. The average Bonchev–Trinajstić information content (AvgIpc) is 3.22. The van der Waals surface area contributed by atoms with Crippen LogP contribution in [0.1, 0.15) is 10.4 Å². The lowest BCUT2D eigenvalue weighted by Crippen LogP contribution is -2.40. The highest BCUT2D eigenvalue weighted by Gasteiger charge is 2.18. The molecule has 0 unspecified atom stereocenters. The lowest BCUT2D eigenvalue weighted by atomic mass is 10.0. The van der Waals surface area contributed by atoms with Crippen LogP contribution in [0.15, 0.2) is 71.6 Å². The summed E-state index contributed by atoms with van der Waals surface area (Å²) in [5.74, 6) is -0.00764. The first-order chi connectivity index (χ1) is 15.6. The molecule has 3 aromatic rings.